The zero-order valence-corrected chi connectivity index (χ0v) is 16.2. The van der Waals surface area contributed by atoms with Gasteiger partial charge in [-0.3, -0.25) is 4.99 Å². The topological polar surface area (TPSA) is 54.9 Å². The minimum absolute atomic E-state index is 0. The van der Waals surface area contributed by atoms with Crippen LogP contribution < -0.4 is 15.4 Å². The summed E-state index contributed by atoms with van der Waals surface area (Å²) in [4.78, 5) is 4.58. The zero-order valence-electron chi connectivity index (χ0n) is 13.9. The Labute approximate surface area is 150 Å². The van der Waals surface area contributed by atoms with E-state index in [1.54, 1.807) is 14.2 Å². The predicted octanol–water partition coefficient (Wildman–Crippen LogP) is 2.45. The van der Waals surface area contributed by atoms with Crippen LogP contribution in [0.1, 0.15) is 19.4 Å². The van der Waals surface area contributed by atoms with E-state index in [1.807, 2.05) is 18.2 Å². The molecule has 22 heavy (non-hydrogen) atoms. The molecule has 0 saturated carbocycles. The molecule has 6 heteroatoms. The average Bonchev–Trinajstić information content (AvgIpc) is 2.48. The molecule has 0 heterocycles. The molecule has 2 N–H and O–H groups in total. The Morgan fingerprint density at radius 3 is 2.73 bits per heavy atom. The van der Waals surface area contributed by atoms with Gasteiger partial charge >= 0.3 is 0 Å². The highest BCUT2D eigenvalue weighted by Gasteiger charge is 2.04. The molecule has 0 radical (unpaired) electrons. The van der Waals surface area contributed by atoms with E-state index in [1.165, 1.54) is 5.56 Å². The second-order valence-electron chi connectivity index (χ2n) is 4.86. The minimum atomic E-state index is 0. The van der Waals surface area contributed by atoms with Gasteiger partial charge in [0.2, 0.25) is 0 Å². The van der Waals surface area contributed by atoms with Crippen LogP contribution in [-0.2, 0) is 11.2 Å². The third kappa shape index (κ3) is 8.43. The first-order chi connectivity index (χ1) is 10.2. The first kappa shape index (κ1) is 21.0. The molecule has 0 aliphatic rings. The quantitative estimate of drug-likeness (QED) is 0.385. The normalized spacial score (nSPS) is 12.3. The number of aliphatic imine (C=N–C) groups is 1. The van der Waals surface area contributed by atoms with Crippen LogP contribution in [0.25, 0.3) is 0 Å². The number of methoxy groups -OCH3 is 2. The molecule has 1 aromatic rings. The maximum absolute atomic E-state index is 5.23. The van der Waals surface area contributed by atoms with Crippen molar-refractivity contribution in [2.45, 2.75) is 26.3 Å². The van der Waals surface area contributed by atoms with Gasteiger partial charge in [0.25, 0.3) is 0 Å². The summed E-state index contributed by atoms with van der Waals surface area (Å²) in [6, 6.07) is 8.31. The Balaban J connectivity index is 0.00000441. The van der Waals surface area contributed by atoms with Gasteiger partial charge in [0.05, 0.1) is 13.7 Å². The molecule has 0 aliphatic heterocycles. The average molecular weight is 421 g/mol. The number of ether oxygens (including phenoxy) is 2. The Kier molecular flexibility index (Phi) is 11.9. The molecule has 1 rings (SSSR count). The van der Waals surface area contributed by atoms with E-state index in [0.717, 1.165) is 31.2 Å². The summed E-state index contributed by atoms with van der Waals surface area (Å²) in [6.07, 6.45) is 0.881. The van der Waals surface area contributed by atoms with Crippen molar-refractivity contribution < 1.29 is 9.47 Å². The van der Waals surface area contributed by atoms with Crippen molar-refractivity contribution in [3.05, 3.63) is 29.8 Å². The first-order valence-corrected chi connectivity index (χ1v) is 7.36. The van der Waals surface area contributed by atoms with Crippen LogP contribution in [0.3, 0.4) is 0 Å². The largest absolute Gasteiger partial charge is 0.497 e. The number of guanidine groups is 1. The maximum atomic E-state index is 5.23. The number of hydrogen-bond donors (Lipinski definition) is 2. The van der Waals surface area contributed by atoms with Crippen molar-refractivity contribution in [3.8, 4) is 5.75 Å². The van der Waals surface area contributed by atoms with E-state index < -0.39 is 0 Å². The lowest BCUT2D eigenvalue weighted by Crippen LogP contribution is -2.44. The molecule has 0 fully saturated rings. The predicted molar refractivity (Wildman–Crippen MR) is 103 cm³/mol. The second-order valence-corrected chi connectivity index (χ2v) is 4.86. The lowest BCUT2D eigenvalue weighted by molar-refractivity contribution is 0.179. The van der Waals surface area contributed by atoms with E-state index in [4.69, 9.17) is 9.47 Å². The highest BCUT2D eigenvalue weighted by molar-refractivity contribution is 14.0. The standard InChI is InChI=1S/C16H27N3O2.HI/c1-5-17-16(19-13(2)12-20-3)18-10-9-14-7-6-8-15(11-14)21-4;/h6-8,11,13H,5,9-10,12H2,1-4H3,(H2,17,18,19);1H. The fraction of sp³-hybridized carbons (Fsp3) is 0.562. The Morgan fingerprint density at radius 1 is 1.32 bits per heavy atom. The van der Waals surface area contributed by atoms with Crippen LogP contribution in [0.2, 0.25) is 0 Å². The zero-order chi connectivity index (χ0) is 15.5. The van der Waals surface area contributed by atoms with Crippen LogP contribution in [-0.4, -0.2) is 45.9 Å². The van der Waals surface area contributed by atoms with E-state index in [0.29, 0.717) is 6.61 Å². The molecule has 1 aromatic carbocycles. The van der Waals surface area contributed by atoms with Crippen LogP contribution in [0.15, 0.2) is 29.3 Å². The molecule has 0 aromatic heterocycles. The van der Waals surface area contributed by atoms with Gasteiger partial charge < -0.3 is 20.1 Å². The van der Waals surface area contributed by atoms with Gasteiger partial charge in [0, 0.05) is 26.2 Å². The Morgan fingerprint density at radius 2 is 2.09 bits per heavy atom. The number of halogens is 1. The summed E-state index contributed by atoms with van der Waals surface area (Å²) < 4.78 is 10.3. The fourth-order valence-electron chi connectivity index (χ4n) is 1.97. The van der Waals surface area contributed by atoms with Gasteiger partial charge in [-0.15, -0.1) is 24.0 Å². The molecule has 0 saturated heterocycles. The van der Waals surface area contributed by atoms with Crippen LogP contribution >= 0.6 is 24.0 Å². The summed E-state index contributed by atoms with van der Waals surface area (Å²) >= 11 is 0. The lowest BCUT2D eigenvalue weighted by atomic mass is 10.1. The smallest absolute Gasteiger partial charge is 0.191 e. The third-order valence-corrected chi connectivity index (χ3v) is 2.95. The van der Waals surface area contributed by atoms with Gasteiger partial charge in [-0.05, 0) is 38.0 Å². The summed E-state index contributed by atoms with van der Waals surface area (Å²) in [5.74, 6) is 1.71. The monoisotopic (exact) mass is 421 g/mol. The molecule has 1 unspecified atom stereocenters. The van der Waals surface area contributed by atoms with Crippen molar-refractivity contribution >= 4 is 29.9 Å². The summed E-state index contributed by atoms with van der Waals surface area (Å²) in [7, 11) is 3.38. The highest BCUT2D eigenvalue weighted by Crippen LogP contribution is 2.12. The number of nitrogens with one attached hydrogen (secondary N) is 2. The van der Waals surface area contributed by atoms with Crippen molar-refractivity contribution in [1.82, 2.24) is 10.6 Å². The molecular weight excluding hydrogens is 393 g/mol. The van der Waals surface area contributed by atoms with E-state index in [-0.39, 0.29) is 30.0 Å². The first-order valence-electron chi connectivity index (χ1n) is 7.36. The van der Waals surface area contributed by atoms with Crippen LogP contribution in [0, 0.1) is 0 Å². The van der Waals surface area contributed by atoms with Crippen molar-refractivity contribution in [2.75, 3.05) is 33.9 Å². The Bertz CT molecular complexity index is 441. The summed E-state index contributed by atoms with van der Waals surface area (Å²) in [5.41, 5.74) is 1.22. The highest BCUT2D eigenvalue weighted by atomic mass is 127. The van der Waals surface area contributed by atoms with Gasteiger partial charge in [-0.1, -0.05) is 12.1 Å². The molecule has 0 aliphatic carbocycles. The number of nitrogens with zero attached hydrogens (tertiary/aromatic N) is 1. The molecule has 126 valence electrons. The molecule has 0 spiro atoms. The number of rotatable bonds is 8. The van der Waals surface area contributed by atoms with E-state index in [2.05, 4.69) is 35.5 Å². The lowest BCUT2D eigenvalue weighted by Gasteiger charge is -2.17. The number of benzene rings is 1. The van der Waals surface area contributed by atoms with Gasteiger partial charge in [-0.25, -0.2) is 0 Å². The van der Waals surface area contributed by atoms with E-state index >= 15 is 0 Å². The van der Waals surface area contributed by atoms with Crippen molar-refractivity contribution in [2.24, 2.45) is 4.99 Å². The molecule has 0 amide bonds. The molecule has 5 nitrogen and oxygen atoms in total. The molecule has 1 atom stereocenters. The number of hydrogen-bond acceptors (Lipinski definition) is 3. The summed E-state index contributed by atoms with van der Waals surface area (Å²) in [5, 5.41) is 6.56. The van der Waals surface area contributed by atoms with Crippen molar-refractivity contribution in [3.63, 3.8) is 0 Å². The van der Waals surface area contributed by atoms with Crippen molar-refractivity contribution in [1.29, 1.82) is 0 Å². The van der Waals surface area contributed by atoms with Gasteiger partial charge in [0.1, 0.15) is 5.75 Å². The maximum Gasteiger partial charge on any atom is 0.191 e. The van der Waals surface area contributed by atoms with Crippen LogP contribution in [0.4, 0.5) is 0 Å². The van der Waals surface area contributed by atoms with Crippen LogP contribution in [0.5, 0.6) is 5.75 Å². The molecular formula is C16H28IN3O2. The van der Waals surface area contributed by atoms with E-state index in [9.17, 15) is 0 Å². The van der Waals surface area contributed by atoms with Gasteiger partial charge in [-0.2, -0.15) is 0 Å². The minimum Gasteiger partial charge on any atom is -0.497 e. The Hall–Kier alpha value is -1.02. The SMILES string of the molecule is CCNC(=NCCc1cccc(OC)c1)NC(C)COC.I. The summed E-state index contributed by atoms with van der Waals surface area (Å²) in [6.45, 7) is 6.34. The fourth-order valence-corrected chi connectivity index (χ4v) is 1.97. The second kappa shape index (κ2) is 12.5. The molecule has 0 bridgehead atoms. The third-order valence-electron chi connectivity index (χ3n) is 2.95. The van der Waals surface area contributed by atoms with Gasteiger partial charge in [0.15, 0.2) is 5.96 Å².